The number of aromatic hydroxyl groups is 2. The second-order valence-corrected chi connectivity index (χ2v) is 2.70. The first-order chi connectivity index (χ1) is 5.57. The minimum Gasteiger partial charge on any atom is -0.508 e. The van der Waals surface area contributed by atoms with Crippen molar-refractivity contribution in [3.8, 4) is 11.5 Å². The molecule has 2 N–H and O–H groups in total. The minimum absolute atomic E-state index is 0.00981. The van der Waals surface area contributed by atoms with Gasteiger partial charge >= 0.3 is 0 Å². The molecular weight excluding hydrogens is 156 g/mol. The molecule has 0 radical (unpaired) electrons. The van der Waals surface area contributed by atoms with Gasteiger partial charge in [0, 0.05) is 6.07 Å². The SMILES string of the molecule is Cc1c(O)cc(O)c(C=O)c1C. The molecule has 1 aromatic rings. The van der Waals surface area contributed by atoms with E-state index in [0.29, 0.717) is 17.4 Å². The lowest BCUT2D eigenvalue weighted by atomic mass is 10.0. The topological polar surface area (TPSA) is 57.5 Å². The molecule has 0 aliphatic rings. The average Bonchev–Trinajstić information content (AvgIpc) is 2.01. The number of hydrogen-bond acceptors (Lipinski definition) is 3. The summed E-state index contributed by atoms with van der Waals surface area (Å²) in [4.78, 5) is 10.5. The predicted molar refractivity (Wildman–Crippen MR) is 44.6 cm³/mol. The Morgan fingerprint density at radius 2 is 1.75 bits per heavy atom. The molecule has 3 heteroatoms. The Morgan fingerprint density at radius 3 is 2.25 bits per heavy atom. The first-order valence-electron chi connectivity index (χ1n) is 3.55. The van der Waals surface area contributed by atoms with Crippen LogP contribution in [0.1, 0.15) is 21.5 Å². The van der Waals surface area contributed by atoms with Crippen molar-refractivity contribution in [3.63, 3.8) is 0 Å². The van der Waals surface area contributed by atoms with Gasteiger partial charge in [0.2, 0.25) is 0 Å². The number of aldehydes is 1. The van der Waals surface area contributed by atoms with Gasteiger partial charge in [-0.15, -0.1) is 0 Å². The Kier molecular flexibility index (Phi) is 2.04. The monoisotopic (exact) mass is 166 g/mol. The summed E-state index contributed by atoms with van der Waals surface area (Å²) in [7, 11) is 0. The van der Waals surface area contributed by atoms with E-state index < -0.39 is 0 Å². The van der Waals surface area contributed by atoms with Crippen LogP contribution in [0, 0.1) is 13.8 Å². The first kappa shape index (κ1) is 8.59. The summed E-state index contributed by atoms with van der Waals surface area (Å²) in [5.74, 6) is -0.166. The normalized spacial score (nSPS) is 9.83. The molecule has 0 aliphatic carbocycles. The zero-order valence-corrected chi connectivity index (χ0v) is 6.96. The first-order valence-corrected chi connectivity index (χ1v) is 3.55. The molecule has 0 aliphatic heterocycles. The summed E-state index contributed by atoms with van der Waals surface area (Å²) in [6, 6.07) is 1.17. The molecule has 1 aromatic carbocycles. The number of phenolic OH excluding ortho intramolecular Hbond substituents is 2. The smallest absolute Gasteiger partial charge is 0.154 e. The maximum Gasteiger partial charge on any atom is 0.154 e. The van der Waals surface area contributed by atoms with Crippen molar-refractivity contribution in [2.75, 3.05) is 0 Å². The van der Waals surface area contributed by atoms with E-state index in [1.54, 1.807) is 13.8 Å². The van der Waals surface area contributed by atoms with Crippen LogP contribution in [0.4, 0.5) is 0 Å². The van der Waals surface area contributed by atoms with Gasteiger partial charge < -0.3 is 10.2 Å². The van der Waals surface area contributed by atoms with Crippen LogP contribution in [0.3, 0.4) is 0 Å². The van der Waals surface area contributed by atoms with E-state index in [-0.39, 0.29) is 17.1 Å². The highest BCUT2D eigenvalue weighted by molar-refractivity contribution is 5.82. The van der Waals surface area contributed by atoms with Crippen molar-refractivity contribution < 1.29 is 15.0 Å². The van der Waals surface area contributed by atoms with E-state index in [2.05, 4.69) is 0 Å². The van der Waals surface area contributed by atoms with Gasteiger partial charge in [0.15, 0.2) is 6.29 Å². The van der Waals surface area contributed by atoms with Gasteiger partial charge in [-0.2, -0.15) is 0 Å². The Bertz CT molecular complexity index is 329. The summed E-state index contributed by atoms with van der Waals surface area (Å²) in [6.45, 7) is 3.37. The summed E-state index contributed by atoms with van der Waals surface area (Å²) in [5, 5.41) is 18.4. The molecule has 0 fully saturated rings. The highest BCUT2D eigenvalue weighted by Gasteiger charge is 2.09. The van der Waals surface area contributed by atoms with E-state index in [1.165, 1.54) is 6.07 Å². The molecule has 0 aromatic heterocycles. The summed E-state index contributed by atoms with van der Waals surface area (Å²) < 4.78 is 0. The van der Waals surface area contributed by atoms with Crippen LogP contribution in [-0.2, 0) is 0 Å². The number of phenols is 2. The van der Waals surface area contributed by atoms with E-state index in [4.69, 9.17) is 0 Å². The molecule has 1 rings (SSSR count). The van der Waals surface area contributed by atoms with Gasteiger partial charge in [-0.3, -0.25) is 4.79 Å². The fourth-order valence-electron chi connectivity index (χ4n) is 1.05. The maximum atomic E-state index is 10.5. The lowest BCUT2D eigenvalue weighted by molar-refractivity contribution is 0.112. The van der Waals surface area contributed by atoms with Gasteiger partial charge in [-0.05, 0) is 25.0 Å². The second-order valence-electron chi connectivity index (χ2n) is 2.70. The summed E-state index contributed by atoms with van der Waals surface area (Å²) >= 11 is 0. The molecule has 0 heterocycles. The Hall–Kier alpha value is -1.51. The zero-order chi connectivity index (χ0) is 9.30. The lowest BCUT2D eigenvalue weighted by Gasteiger charge is -2.07. The fraction of sp³-hybridized carbons (Fsp3) is 0.222. The molecule has 12 heavy (non-hydrogen) atoms. The molecule has 0 spiro atoms. The standard InChI is InChI=1S/C9H10O3/c1-5-6(2)8(11)3-9(12)7(5)4-10/h3-4,11-12H,1-2H3. The van der Waals surface area contributed by atoms with E-state index >= 15 is 0 Å². The summed E-state index contributed by atoms with van der Waals surface area (Å²) in [6.07, 6.45) is 0.580. The lowest BCUT2D eigenvalue weighted by Crippen LogP contribution is -1.91. The highest BCUT2D eigenvalue weighted by atomic mass is 16.3. The number of hydrogen-bond donors (Lipinski definition) is 2. The van der Waals surface area contributed by atoms with Crippen molar-refractivity contribution in [2.24, 2.45) is 0 Å². The quantitative estimate of drug-likeness (QED) is 0.622. The minimum atomic E-state index is -0.175. The number of benzene rings is 1. The number of carbonyl (C=O) groups is 1. The highest BCUT2D eigenvalue weighted by Crippen LogP contribution is 2.29. The Labute approximate surface area is 70.3 Å². The van der Waals surface area contributed by atoms with Crippen molar-refractivity contribution in [1.29, 1.82) is 0 Å². The molecule has 3 nitrogen and oxygen atoms in total. The third-order valence-electron chi connectivity index (χ3n) is 2.02. The van der Waals surface area contributed by atoms with Crippen molar-refractivity contribution >= 4 is 6.29 Å². The third kappa shape index (κ3) is 1.13. The number of rotatable bonds is 1. The van der Waals surface area contributed by atoms with Crippen LogP contribution in [0.2, 0.25) is 0 Å². The van der Waals surface area contributed by atoms with Gasteiger partial charge in [0.1, 0.15) is 11.5 Å². The van der Waals surface area contributed by atoms with E-state index in [0.717, 1.165) is 0 Å². The third-order valence-corrected chi connectivity index (χ3v) is 2.02. The molecule has 0 amide bonds. The van der Waals surface area contributed by atoms with Crippen molar-refractivity contribution in [1.82, 2.24) is 0 Å². The van der Waals surface area contributed by atoms with E-state index in [1.807, 2.05) is 0 Å². The largest absolute Gasteiger partial charge is 0.508 e. The van der Waals surface area contributed by atoms with E-state index in [9.17, 15) is 15.0 Å². The number of carbonyl (C=O) groups excluding carboxylic acids is 1. The van der Waals surface area contributed by atoms with Crippen molar-refractivity contribution in [2.45, 2.75) is 13.8 Å². The van der Waals surface area contributed by atoms with Crippen LogP contribution in [0.25, 0.3) is 0 Å². The molecule has 0 unspecified atom stereocenters. The van der Waals surface area contributed by atoms with Crippen LogP contribution in [0.5, 0.6) is 11.5 Å². The van der Waals surface area contributed by atoms with Gasteiger partial charge in [-0.25, -0.2) is 0 Å². The molecular formula is C9H10O3. The Balaban J connectivity index is 3.51. The average molecular weight is 166 g/mol. The molecule has 0 bridgehead atoms. The van der Waals surface area contributed by atoms with Crippen LogP contribution in [-0.4, -0.2) is 16.5 Å². The molecule has 0 atom stereocenters. The summed E-state index contributed by atoms with van der Waals surface area (Å²) in [5.41, 5.74) is 1.47. The van der Waals surface area contributed by atoms with Crippen LogP contribution < -0.4 is 0 Å². The zero-order valence-electron chi connectivity index (χ0n) is 6.96. The molecule has 0 saturated heterocycles. The Morgan fingerprint density at radius 1 is 1.17 bits per heavy atom. The maximum absolute atomic E-state index is 10.5. The van der Waals surface area contributed by atoms with Gasteiger partial charge in [0.25, 0.3) is 0 Å². The fourth-order valence-corrected chi connectivity index (χ4v) is 1.05. The molecule has 64 valence electrons. The van der Waals surface area contributed by atoms with Crippen molar-refractivity contribution in [3.05, 3.63) is 22.8 Å². The molecule has 0 saturated carbocycles. The predicted octanol–water partition coefficient (Wildman–Crippen LogP) is 1.53. The second kappa shape index (κ2) is 2.85. The van der Waals surface area contributed by atoms with Crippen LogP contribution in [0.15, 0.2) is 6.07 Å². The van der Waals surface area contributed by atoms with Gasteiger partial charge in [0.05, 0.1) is 5.56 Å². The van der Waals surface area contributed by atoms with Gasteiger partial charge in [-0.1, -0.05) is 0 Å². The van der Waals surface area contributed by atoms with Crippen LogP contribution >= 0.6 is 0 Å².